The standard InChI is InChI=1S/C21H24BrN3O2/c1-24(2)19-9-5-16(6-10-19)21(27)25-13-11-18(12-14-25)23-20(26)15-3-7-17(22)8-4-15/h3-10,18H,11-14H2,1-2H3,(H,23,26). The zero-order chi connectivity index (χ0) is 19.4. The van der Waals surface area contributed by atoms with Crippen molar-refractivity contribution in [1.29, 1.82) is 0 Å². The molecule has 1 aliphatic heterocycles. The first kappa shape index (κ1) is 19.4. The lowest BCUT2D eigenvalue weighted by molar-refractivity contribution is 0.0698. The van der Waals surface area contributed by atoms with Crippen molar-refractivity contribution in [3.8, 4) is 0 Å². The van der Waals surface area contributed by atoms with Crippen molar-refractivity contribution in [2.45, 2.75) is 18.9 Å². The molecule has 0 aliphatic carbocycles. The number of anilines is 1. The van der Waals surface area contributed by atoms with Crippen LogP contribution in [0.2, 0.25) is 0 Å². The molecule has 1 aliphatic rings. The van der Waals surface area contributed by atoms with Gasteiger partial charge < -0.3 is 15.1 Å². The average Bonchev–Trinajstić information content (AvgIpc) is 2.68. The Hall–Kier alpha value is -2.34. The Bertz CT molecular complexity index is 795. The number of halogens is 1. The van der Waals surface area contributed by atoms with E-state index in [0.717, 1.165) is 23.0 Å². The van der Waals surface area contributed by atoms with Gasteiger partial charge in [-0.3, -0.25) is 9.59 Å². The molecule has 3 rings (SSSR count). The van der Waals surface area contributed by atoms with Gasteiger partial charge in [0.1, 0.15) is 0 Å². The predicted octanol–water partition coefficient (Wildman–Crippen LogP) is 3.55. The van der Waals surface area contributed by atoms with E-state index in [1.807, 2.05) is 60.3 Å². The van der Waals surface area contributed by atoms with Crippen molar-refractivity contribution in [2.24, 2.45) is 0 Å². The highest BCUT2D eigenvalue weighted by atomic mass is 79.9. The van der Waals surface area contributed by atoms with Crippen molar-refractivity contribution in [3.63, 3.8) is 0 Å². The number of hydrogen-bond donors (Lipinski definition) is 1. The molecule has 1 fully saturated rings. The molecule has 0 aromatic heterocycles. The van der Waals surface area contributed by atoms with Gasteiger partial charge in [-0.1, -0.05) is 15.9 Å². The summed E-state index contributed by atoms with van der Waals surface area (Å²) < 4.78 is 0.949. The van der Waals surface area contributed by atoms with E-state index in [1.54, 1.807) is 12.1 Å². The molecule has 1 saturated heterocycles. The molecular weight excluding hydrogens is 406 g/mol. The van der Waals surface area contributed by atoms with Gasteiger partial charge in [0.05, 0.1) is 0 Å². The van der Waals surface area contributed by atoms with E-state index >= 15 is 0 Å². The molecule has 6 heteroatoms. The number of rotatable bonds is 4. The summed E-state index contributed by atoms with van der Waals surface area (Å²) in [7, 11) is 3.95. The molecule has 0 radical (unpaired) electrons. The summed E-state index contributed by atoms with van der Waals surface area (Å²) in [5.74, 6) is -0.00968. The summed E-state index contributed by atoms with van der Waals surface area (Å²) in [5.41, 5.74) is 2.43. The van der Waals surface area contributed by atoms with Gasteiger partial charge in [-0.25, -0.2) is 0 Å². The minimum Gasteiger partial charge on any atom is -0.378 e. The van der Waals surface area contributed by atoms with Crippen molar-refractivity contribution in [1.82, 2.24) is 10.2 Å². The molecular formula is C21H24BrN3O2. The molecule has 27 heavy (non-hydrogen) atoms. The van der Waals surface area contributed by atoms with Crippen LogP contribution in [0.4, 0.5) is 5.69 Å². The van der Waals surface area contributed by atoms with Gasteiger partial charge in [0, 0.05) is 54.5 Å². The first-order chi connectivity index (χ1) is 12.9. The van der Waals surface area contributed by atoms with Crippen LogP contribution in [0.15, 0.2) is 53.0 Å². The summed E-state index contributed by atoms with van der Waals surface area (Å²) in [4.78, 5) is 28.9. The maximum absolute atomic E-state index is 12.7. The fourth-order valence-electron chi connectivity index (χ4n) is 3.18. The molecule has 0 bridgehead atoms. The number of carbonyl (C=O) groups excluding carboxylic acids is 2. The van der Waals surface area contributed by atoms with Crippen LogP contribution in [0.1, 0.15) is 33.6 Å². The summed E-state index contributed by atoms with van der Waals surface area (Å²) in [6.45, 7) is 1.30. The van der Waals surface area contributed by atoms with Crippen molar-refractivity contribution in [3.05, 3.63) is 64.1 Å². The number of hydrogen-bond acceptors (Lipinski definition) is 3. The molecule has 2 amide bonds. The Kier molecular flexibility index (Phi) is 6.16. The number of piperidine rings is 1. The number of benzene rings is 2. The Morgan fingerprint density at radius 1 is 0.963 bits per heavy atom. The van der Waals surface area contributed by atoms with Gasteiger partial charge in [-0.05, 0) is 61.4 Å². The molecule has 0 atom stereocenters. The minimum atomic E-state index is -0.0634. The lowest BCUT2D eigenvalue weighted by Gasteiger charge is -2.32. The number of nitrogens with zero attached hydrogens (tertiary/aromatic N) is 2. The Labute approximate surface area is 168 Å². The van der Waals surface area contributed by atoms with E-state index in [2.05, 4.69) is 21.2 Å². The molecule has 0 unspecified atom stereocenters. The number of amides is 2. The molecule has 2 aromatic rings. The third-order valence-corrected chi connectivity index (χ3v) is 5.38. The Morgan fingerprint density at radius 2 is 1.52 bits per heavy atom. The molecule has 1 N–H and O–H groups in total. The van der Waals surface area contributed by atoms with E-state index in [0.29, 0.717) is 24.2 Å². The van der Waals surface area contributed by atoms with Crippen molar-refractivity contribution in [2.75, 3.05) is 32.1 Å². The predicted molar refractivity (Wildman–Crippen MR) is 111 cm³/mol. The van der Waals surface area contributed by atoms with Gasteiger partial charge in [0.15, 0.2) is 0 Å². The van der Waals surface area contributed by atoms with Crippen molar-refractivity contribution >= 4 is 33.4 Å². The van der Waals surface area contributed by atoms with Crippen molar-refractivity contribution < 1.29 is 9.59 Å². The first-order valence-corrected chi connectivity index (χ1v) is 9.86. The summed E-state index contributed by atoms with van der Waals surface area (Å²) >= 11 is 3.37. The van der Waals surface area contributed by atoms with Gasteiger partial charge in [-0.15, -0.1) is 0 Å². The van der Waals surface area contributed by atoms with Crippen LogP contribution in [0.25, 0.3) is 0 Å². The van der Waals surface area contributed by atoms with Crippen LogP contribution in [0.3, 0.4) is 0 Å². The van der Waals surface area contributed by atoms with Crippen LogP contribution in [-0.4, -0.2) is 49.9 Å². The largest absolute Gasteiger partial charge is 0.378 e. The van der Waals surface area contributed by atoms with E-state index in [9.17, 15) is 9.59 Å². The summed E-state index contributed by atoms with van der Waals surface area (Å²) in [6, 6.07) is 15.1. The maximum atomic E-state index is 12.7. The van der Waals surface area contributed by atoms with E-state index in [1.165, 1.54) is 0 Å². The van der Waals surface area contributed by atoms with E-state index in [4.69, 9.17) is 0 Å². The number of likely N-dealkylation sites (tertiary alicyclic amines) is 1. The monoisotopic (exact) mass is 429 g/mol. The average molecular weight is 430 g/mol. The smallest absolute Gasteiger partial charge is 0.253 e. The van der Waals surface area contributed by atoms with Crippen LogP contribution in [0, 0.1) is 0 Å². The van der Waals surface area contributed by atoms with E-state index < -0.39 is 0 Å². The molecule has 0 saturated carbocycles. The normalized spacial score (nSPS) is 14.7. The highest BCUT2D eigenvalue weighted by Gasteiger charge is 2.24. The lowest BCUT2D eigenvalue weighted by Crippen LogP contribution is -2.46. The molecule has 0 spiro atoms. The van der Waals surface area contributed by atoms with Gasteiger partial charge in [-0.2, -0.15) is 0 Å². The number of nitrogens with one attached hydrogen (secondary N) is 1. The summed E-state index contributed by atoms with van der Waals surface area (Å²) in [5, 5.41) is 3.08. The second-order valence-electron chi connectivity index (χ2n) is 6.99. The third kappa shape index (κ3) is 4.89. The second kappa shape index (κ2) is 8.57. The third-order valence-electron chi connectivity index (χ3n) is 4.85. The zero-order valence-electron chi connectivity index (χ0n) is 15.6. The molecule has 142 valence electrons. The Morgan fingerprint density at radius 3 is 2.07 bits per heavy atom. The van der Waals surface area contributed by atoms with Gasteiger partial charge in [0.2, 0.25) is 0 Å². The zero-order valence-corrected chi connectivity index (χ0v) is 17.2. The first-order valence-electron chi connectivity index (χ1n) is 9.07. The second-order valence-corrected chi connectivity index (χ2v) is 7.90. The quantitative estimate of drug-likeness (QED) is 0.808. The highest BCUT2D eigenvalue weighted by molar-refractivity contribution is 9.10. The fourth-order valence-corrected chi connectivity index (χ4v) is 3.45. The Balaban J connectivity index is 1.53. The highest BCUT2D eigenvalue weighted by Crippen LogP contribution is 2.18. The lowest BCUT2D eigenvalue weighted by atomic mass is 10.0. The van der Waals surface area contributed by atoms with Crippen LogP contribution < -0.4 is 10.2 Å². The SMILES string of the molecule is CN(C)c1ccc(C(=O)N2CCC(NC(=O)c3ccc(Br)cc3)CC2)cc1. The van der Waals surface area contributed by atoms with Gasteiger partial charge >= 0.3 is 0 Å². The van der Waals surface area contributed by atoms with Crippen LogP contribution in [-0.2, 0) is 0 Å². The molecule has 2 aromatic carbocycles. The molecule has 1 heterocycles. The fraction of sp³-hybridized carbons (Fsp3) is 0.333. The van der Waals surface area contributed by atoms with Crippen LogP contribution in [0.5, 0.6) is 0 Å². The van der Waals surface area contributed by atoms with Gasteiger partial charge in [0.25, 0.3) is 11.8 Å². The molecule has 5 nitrogen and oxygen atoms in total. The van der Waals surface area contributed by atoms with Crippen LogP contribution >= 0.6 is 15.9 Å². The topological polar surface area (TPSA) is 52.7 Å². The number of carbonyl (C=O) groups is 2. The van der Waals surface area contributed by atoms with E-state index in [-0.39, 0.29) is 17.9 Å². The minimum absolute atomic E-state index is 0.0537. The summed E-state index contributed by atoms with van der Waals surface area (Å²) in [6.07, 6.45) is 1.54. The maximum Gasteiger partial charge on any atom is 0.253 e.